The first kappa shape index (κ1) is 19.1. The number of nitrogens with one attached hydrogen (secondary N) is 1. The van der Waals surface area contributed by atoms with Crippen molar-refractivity contribution in [3.05, 3.63) is 58.6 Å². The molecule has 0 saturated heterocycles. The van der Waals surface area contributed by atoms with Gasteiger partial charge in [-0.1, -0.05) is 0 Å². The molecular formula is C20H21FN4O4. The summed E-state index contributed by atoms with van der Waals surface area (Å²) in [6.07, 6.45) is 5.66. The number of pyridine rings is 2. The van der Waals surface area contributed by atoms with Crippen LogP contribution in [0.5, 0.6) is 11.8 Å². The SMILES string of the molecule is N.O=c1cc(-c2ccc(OC3CC(F)(c4ccnc(OC5CC5)c4)C3)nc2)o[nH]1. The van der Waals surface area contributed by atoms with E-state index in [1.807, 2.05) is 0 Å². The van der Waals surface area contributed by atoms with Crippen molar-refractivity contribution in [1.29, 1.82) is 0 Å². The average molecular weight is 400 g/mol. The van der Waals surface area contributed by atoms with Crippen molar-refractivity contribution in [1.82, 2.24) is 21.3 Å². The molecule has 29 heavy (non-hydrogen) atoms. The van der Waals surface area contributed by atoms with E-state index < -0.39 is 5.67 Å². The average Bonchev–Trinajstić information content (AvgIpc) is 3.38. The molecule has 0 atom stereocenters. The fourth-order valence-corrected chi connectivity index (χ4v) is 3.28. The third kappa shape index (κ3) is 4.00. The summed E-state index contributed by atoms with van der Waals surface area (Å²) in [5.41, 5.74) is -0.530. The van der Waals surface area contributed by atoms with Gasteiger partial charge in [0.25, 0.3) is 5.56 Å². The third-order valence-corrected chi connectivity index (χ3v) is 5.00. The van der Waals surface area contributed by atoms with Crippen LogP contribution in [-0.4, -0.2) is 27.3 Å². The van der Waals surface area contributed by atoms with Gasteiger partial charge in [-0.2, -0.15) is 5.16 Å². The maximum atomic E-state index is 15.2. The molecule has 2 aliphatic carbocycles. The Balaban J connectivity index is 0.00000205. The highest BCUT2D eigenvalue weighted by atomic mass is 19.1. The Morgan fingerprint density at radius 1 is 1.07 bits per heavy atom. The summed E-state index contributed by atoms with van der Waals surface area (Å²) in [7, 11) is 0. The number of hydrogen-bond acceptors (Lipinski definition) is 7. The fourth-order valence-electron chi connectivity index (χ4n) is 3.28. The Hall–Kier alpha value is -3.20. The van der Waals surface area contributed by atoms with Gasteiger partial charge in [-0.3, -0.25) is 4.79 Å². The zero-order valence-corrected chi connectivity index (χ0v) is 15.6. The van der Waals surface area contributed by atoms with Crippen LogP contribution in [0.1, 0.15) is 31.2 Å². The highest BCUT2D eigenvalue weighted by Crippen LogP contribution is 2.47. The Kier molecular flexibility index (Phi) is 4.83. The van der Waals surface area contributed by atoms with Gasteiger partial charge in [-0.05, 0) is 30.5 Å². The minimum absolute atomic E-state index is 0. The molecule has 2 saturated carbocycles. The number of aromatic amines is 1. The summed E-state index contributed by atoms with van der Waals surface area (Å²) in [6, 6.07) is 8.13. The Bertz CT molecular complexity index is 1040. The number of nitrogens with zero attached hydrogens (tertiary/aromatic N) is 2. The van der Waals surface area contributed by atoms with Crippen molar-refractivity contribution in [2.75, 3.05) is 0 Å². The van der Waals surface area contributed by atoms with Crippen LogP contribution in [0.3, 0.4) is 0 Å². The number of hydrogen-bond donors (Lipinski definition) is 2. The van der Waals surface area contributed by atoms with Gasteiger partial charge in [0.1, 0.15) is 17.9 Å². The molecule has 3 aromatic rings. The molecule has 9 heteroatoms. The van der Waals surface area contributed by atoms with Crippen molar-refractivity contribution >= 4 is 0 Å². The maximum absolute atomic E-state index is 15.2. The van der Waals surface area contributed by atoms with Crippen LogP contribution in [0.4, 0.5) is 4.39 Å². The van der Waals surface area contributed by atoms with Crippen molar-refractivity contribution in [2.24, 2.45) is 0 Å². The molecule has 5 rings (SSSR count). The van der Waals surface area contributed by atoms with Crippen LogP contribution in [0.15, 0.2) is 52.0 Å². The second kappa shape index (κ2) is 7.32. The maximum Gasteiger partial charge on any atom is 0.280 e. The minimum Gasteiger partial charge on any atom is -0.474 e. The van der Waals surface area contributed by atoms with Crippen molar-refractivity contribution < 1.29 is 18.4 Å². The van der Waals surface area contributed by atoms with Gasteiger partial charge in [0.15, 0.2) is 5.76 Å². The molecule has 0 bridgehead atoms. The van der Waals surface area contributed by atoms with Gasteiger partial charge in [-0.15, -0.1) is 0 Å². The Morgan fingerprint density at radius 3 is 2.52 bits per heavy atom. The first-order valence-electron chi connectivity index (χ1n) is 9.21. The summed E-state index contributed by atoms with van der Waals surface area (Å²) in [5, 5.41) is 2.23. The van der Waals surface area contributed by atoms with Gasteiger partial charge in [0, 0.05) is 42.9 Å². The lowest BCUT2D eigenvalue weighted by Gasteiger charge is -2.41. The van der Waals surface area contributed by atoms with Crippen LogP contribution < -0.4 is 21.2 Å². The molecule has 0 unspecified atom stereocenters. The topological polar surface area (TPSA) is 125 Å². The first-order valence-corrected chi connectivity index (χ1v) is 9.21. The molecule has 2 aliphatic rings. The number of ether oxygens (including phenoxy) is 2. The summed E-state index contributed by atoms with van der Waals surface area (Å²) >= 11 is 0. The molecule has 0 spiro atoms. The van der Waals surface area contributed by atoms with E-state index in [0.29, 0.717) is 28.6 Å². The zero-order chi connectivity index (χ0) is 19.1. The lowest BCUT2D eigenvalue weighted by molar-refractivity contribution is -0.0487. The van der Waals surface area contributed by atoms with E-state index in [4.69, 9.17) is 14.0 Å². The summed E-state index contributed by atoms with van der Waals surface area (Å²) < 4.78 is 31.6. The smallest absolute Gasteiger partial charge is 0.280 e. The Labute approximate surface area is 165 Å². The summed E-state index contributed by atoms with van der Waals surface area (Å²) in [6.45, 7) is 0. The molecular weight excluding hydrogens is 379 g/mol. The zero-order valence-electron chi connectivity index (χ0n) is 15.6. The van der Waals surface area contributed by atoms with Crippen LogP contribution in [0.2, 0.25) is 0 Å². The minimum atomic E-state index is -1.44. The van der Waals surface area contributed by atoms with Gasteiger partial charge in [0.05, 0.1) is 6.07 Å². The van der Waals surface area contributed by atoms with E-state index >= 15 is 4.39 Å². The second-order valence-electron chi connectivity index (χ2n) is 7.28. The molecule has 152 valence electrons. The molecule has 4 N–H and O–H groups in total. The molecule has 3 heterocycles. The second-order valence-corrected chi connectivity index (χ2v) is 7.28. The van der Waals surface area contributed by atoms with E-state index in [0.717, 1.165) is 12.8 Å². The predicted octanol–water partition coefficient (Wildman–Crippen LogP) is 3.53. The van der Waals surface area contributed by atoms with Crippen LogP contribution in [-0.2, 0) is 5.67 Å². The van der Waals surface area contributed by atoms with Crippen LogP contribution >= 0.6 is 0 Å². The van der Waals surface area contributed by atoms with Crippen molar-refractivity contribution in [2.45, 2.75) is 43.6 Å². The molecule has 3 aromatic heterocycles. The van der Waals surface area contributed by atoms with Gasteiger partial charge >= 0.3 is 0 Å². The molecule has 0 aromatic carbocycles. The summed E-state index contributed by atoms with van der Waals surface area (Å²) in [5.74, 6) is 1.29. The van der Waals surface area contributed by atoms with Crippen molar-refractivity contribution in [3.63, 3.8) is 0 Å². The number of alkyl halides is 1. The van der Waals surface area contributed by atoms with E-state index in [1.165, 1.54) is 6.07 Å². The van der Waals surface area contributed by atoms with E-state index in [2.05, 4.69) is 15.1 Å². The highest BCUT2D eigenvalue weighted by molar-refractivity contribution is 5.55. The molecule has 2 fully saturated rings. The molecule has 8 nitrogen and oxygen atoms in total. The lowest BCUT2D eigenvalue weighted by Crippen LogP contribution is -2.44. The molecule has 0 radical (unpaired) electrons. The quantitative estimate of drug-likeness (QED) is 0.648. The molecule has 0 aliphatic heterocycles. The fraction of sp³-hybridized carbons (Fsp3) is 0.350. The number of halogens is 1. The molecule has 0 amide bonds. The Morgan fingerprint density at radius 2 is 1.86 bits per heavy atom. The summed E-state index contributed by atoms with van der Waals surface area (Å²) in [4.78, 5) is 19.5. The number of rotatable bonds is 6. The third-order valence-electron chi connectivity index (χ3n) is 5.00. The van der Waals surface area contributed by atoms with E-state index in [9.17, 15) is 4.79 Å². The highest BCUT2D eigenvalue weighted by Gasteiger charge is 2.48. The normalized spacial score (nSPS) is 23.0. The first-order chi connectivity index (χ1) is 13.6. The monoisotopic (exact) mass is 400 g/mol. The van der Waals surface area contributed by atoms with Gasteiger partial charge in [-0.25, -0.2) is 14.4 Å². The lowest BCUT2D eigenvalue weighted by atomic mass is 9.74. The van der Waals surface area contributed by atoms with Gasteiger partial charge in [0.2, 0.25) is 11.8 Å². The standard InChI is InChI=1S/C20H18FN3O4.H3N/c21-20(13-5-6-22-19(7-13)26-14-2-3-14)9-15(10-20)27-18-4-1-12(11-23-18)16-8-17(25)24-28-16;/h1,4-8,11,14-15H,2-3,9-10H2,(H,24,25);1H3. The number of H-pyrrole nitrogens is 1. The van der Waals surface area contributed by atoms with Crippen molar-refractivity contribution in [3.8, 4) is 23.1 Å². The van der Waals surface area contributed by atoms with E-state index in [-0.39, 0.29) is 36.8 Å². The predicted molar refractivity (Wildman–Crippen MR) is 102 cm³/mol. The van der Waals surface area contributed by atoms with E-state index in [1.54, 1.807) is 36.7 Å². The van der Waals surface area contributed by atoms with Gasteiger partial charge < -0.3 is 20.1 Å². The largest absolute Gasteiger partial charge is 0.474 e. The van der Waals surface area contributed by atoms with Crippen LogP contribution in [0.25, 0.3) is 11.3 Å². The number of aromatic nitrogens is 3. The van der Waals surface area contributed by atoms with Crippen LogP contribution in [0, 0.1) is 0 Å².